The van der Waals surface area contributed by atoms with Crippen molar-refractivity contribution >= 4 is 16.9 Å². The first-order valence-electron chi connectivity index (χ1n) is 13.5. The third kappa shape index (κ3) is 5.37. The number of nitrogens with zero attached hydrogens (tertiary/aromatic N) is 5. The number of hydrogen-bond donors (Lipinski definition) is 3. The van der Waals surface area contributed by atoms with Gasteiger partial charge in [0.1, 0.15) is 11.5 Å². The molecule has 0 amide bonds. The predicted octanol–water partition coefficient (Wildman–Crippen LogP) is 3.48. The van der Waals surface area contributed by atoms with Gasteiger partial charge < -0.3 is 20.5 Å². The summed E-state index contributed by atoms with van der Waals surface area (Å²) < 4.78 is 2.33. The van der Waals surface area contributed by atoms with E-state index in [4.69, 9.17) is 4.98 Å². The summed E-state index contributed by atoms with van der Waals surface area (Å²) in [6, 6.07) is 15.8. The Labute approximate surface area is 218 Å². The first-order valence-corrected chi connectivity index (χ1v) is 13.5. The molecule has 192 valence electrons. The fourth-order valence-corrected chi connectivity index (χ4v) is 5.63. The quantitative estimate of drug-likeness (QED) is 0.345. The van der Waals surface area contributed by atoms with Gasteiger partial charge in [0, 0.05) is 67.8 Å². The van der Waals surface area contributed by atoms with E-state index in [1.165, 1.54) is 11.1 Å². The topological polar surface area (TPSA) is 82.9 Å². The van der Waals surface area contributed by atoms with Crippen LogP contribution >= 0.6 is 0 Å². The molecular weight excluding hydrogens is 460 g/mol. The zero-order chi connectivity index (χ0) is 25.0. The lowest BCUT2D eigenvalue weighted by atomic mass is 9.99. The molecule has 2 aliphatic heterocycles. The highest BCUT2D eigenvalue weighted by molar-refractivity contribution is 5.77. The van der Waals surface area contributed by atoms with Crippen molar-refractivity contribution in [2.45, 2.75) is 37.9 Å². The van der Waals surface area contributed by atoms with Crippen LogP contribution in [0.4, 0.5) is 5.82 Å². The van der Waals surface area contributed by atoms with E-state index >= 15 is 0 Å². The Kier molecular flexibility index (Phi) is 7.12. The van der Waals surface area contributed by atoms with Crippen LogP contribution in [-0.2, 0) is 13.0 Å². The molecule has 8 nitrogen and oxygen atoms in total. The normalized spacial score (nSPS) is 17.5. The van der Waals surface area contributed by atoms with Gasteiger partial charge in [-0.2, -0.15) is 0 Å². The zero-order valence-corrected chi connectivity index (χ0v) is 21.5. The first-order chi connectivity index (χ1) is 18.3. The third-order valence-electron chi connectivity index (χ3n) is 7.80. The molecule has 1 fully saturated rings. The standard InChI is InChI=1S/C29H36N8/c1-30-25(20-36-14-9-21-4-2-3-5-24(21)19-36)18-33-27-16-22(6-13-32-27)28-34-17-23-10-15-37(29(23)35-28)26-7-11-31-12-8-26/h2-6,10,13,15-17,25-26,30-31H,7-9,11-12,14,18-20H2,1H3,(H,32,33). The zero-order valence-electron chi connectivity index (χ0n) is 21.5. The van der Waals surface area contributed by atoms with Crippen LogP contribution < -0.4 is 16.0 Å². The molecule has 0 radical (unpaired) electrons. The Morgan fingerprint density at radius 2 is 1.95 bits per heavy atom. The van der Waals surface area contributed by atoms with Gasteiger partial charge in [0.05, 0.1) is 0 Å². The number of anilines is 1. The van der Waals surface area contributed by atoms with Crippen molar-refractivity contribution in [2.75, 3.05) is 45.1 Å². The molecule has 1 aromatic carbocycles. The maximum atomic E-state index is 4.99. The van der Waals surface area contributed by atoms with Gasteiger partial charge in [-0.05, 0) is 68.7 Å². The minimum atomic E-state index is 0.316. The second-order valence-electron chi connectivity index (χ2n) is 10.2. The number of rotatable bonds is 8. The van der Waals surface area contributed by atoms with E-state index in [1.54, 1.807) is 0 Å². The molecule has 0 saturated carbocycles. The van der Waals surface area contributed by atoms with Gasteiger partial charge in [-0.15, -0.1) is 0 Å². The van der Waals surface area contributed by atoms with E-state index in [9.17, 15) is 0 Å². The summed E-state index contributed by atoms with van der Waals surface area (Å²) in [6.07, 6.45) is 9.32. The highest BCUT2D eigenvalue weighted by Gasteiger charge is 2.20. The minimum Gasteiger partial charge on any atom is -0.368 e. The number of likely N-dealkylation sites (N-methyl/N-ethyl adjacent to an activating group) is 1. The van der Waals surface area contributed by atoms with Crippen molar-refractivity contribution in [1.82, 2.24) is 35.1 Å². The van der Waals surface area contributed by atoms with E-state index in [-0.39, 0.29) is 0 Å². The molecule has 6 rings (SSSR count). The van der Waals surface area contributed by atoms with Crippen molar-refractivity contribution in [3.05, 3.63) is 72.2 Å². The maximum Gasteiger partial charge on any atom is 0.161 e. The summed E-state index contributed by atoms with van der Waals surface area (Å²) in [5.74, 6) is 1.59. The molecule has 3 N–H and O–H groups in total. The molecule has 0 bridgehead atoms. The lowest BCUT2D eigenvalue weighted by Gasteiger charge is -2.32. The monoisotopic (exact) mass is 496 g/mol. The molecule has 2 aliphatic rings. The molecule has 3 aromatic heterocycles. The molecular formula is C29H36N8. The predicted molar refractivity (Wildman–Crippen MR) is 149 cm³/mol. The smallest absolute Gasteiger partial charge is 0.161 e. The molecule has 37 heavy (non-hydrogen) atoms. The molecule has 1 unspecified atom stereocenters. The Morgan fingerprint density at radius 3 is 2.81 bits per heavy atom. The average Bonchev–Trinajstić information content (AvgIpc) is 3.39. The average molecular weight is 497 g/mol. The SMILES string of the molecule is CNC(CNc1cc(-c2ncc3ccn(C4CCNCC4)c3n2)ccn1)CN1CCc2ccccc2C1. The summed E-state index contributed by atoms with van der Waals surface area (Å²) in [4.78, 5) is 16.8. The van der Waals surface area contributed by atoms with Crippen LogP contribution in [-0.4, -0.2) is 70.2 Å². The number of nitrogens with one attached hydrogen (secondary N) is 3. The summed E-state index contributed by atoms with van der Waals surface area (Å²) in [5.41, 5.74) is 4.93. The van der Waals surface area contributed by atoms with Crippen molar-refractivity contribution in [3.8, 4) is 11.4 Å². The van der Waals surface area contributed by atoms with Crippen LogP contribution in [0.15, 0.2) is 61.1 Å². The summed E-state index contributed by atoms with van der Waals surface area (Å²) in [5, 5.41) is 11.6. The molecule has 8 heteroatoms. The third-order valence-corrected chi connectivity index (χ3v) is 7.80. The fraction of sp³-hybridized carbons (Fsp3) is 0.414. The van der Waals surface area contributed by atoms with E-state index in [0.717, 1.165) is 86.8 Å². The van der Waals surface area contributed by atoms with Gasteiger partial charge in [-0.3, -0.25) is 4.90 Å². The van der Waals surface area contributed by atoms with E-state index in [0.29, 0.717) is 12.1 Å². The van der Waals surface area contributed by atoms with Gasteiger partial charge in [0.15, 0.2) is 5.82 Å². The van der Waals surface area contributed by atoms with Crippen molar-refractivity contribution in [3.63, 3.8) is 0 Å². The van der Waals surface area contributed by atoms with Crippen LogP contribution in [0.3, 0.4) is 0 Å². The first kappa shape index (κ1) is 24.0. The van der Waals surface area contributed by atoms with Gasteiger partial charge in [0.2, 0.25) is 0 Å². The molecule has 1 saturated heterocycles. The Hall–Kier alpha value is -3.33. The van der Waals surface area contributed by atoms with Gasteiger partial charge in [-0.25, -0.2) is 15.0 Å². The van der Waals surface area contributed by atoms with Crippen LogP contribution in [0.2, 0.25) is 0 Å². The van der Waals surface area contributed by atoms with Crippen molar-refractivity contribution in [1.29, 1.82) is 0 Å². The van der Waals surface area contributed by atoms with Crippen molar-refractivity contribution in [2.24, 2.45) is 0 Å². The maximum absolute atomic E-state index is 4.99. The van der Waals surface area contributed by atoms with Crippen molar-refractivity contribution < 1.29 is 0 Å². The largest absolute Gasteiger partial charge is 0.368 e. The fourth-order valence-electron chi connectivity index (χ4n) is 5.63. The highest BCUT2D eigenvalue weighted by atomic mass is 15.2. The summed E-state index contributed by atoms with van der Waals surface area (Å²) >= 11 is 0. The minimum absolute atomic E-state index is 0.316. The molecule has 4 aromatic rings. The number of pyridine rings is 1. The van der Waals surface area contributed by atoms with E-state index < -0.39 is 0 Å². The number of fused-ring (bicyclic) bond motifs is 2. The second-order valence-corrected chi connectivity index (χ2v) is 10.2. The number of aromatic nitrogens is 4. The molecule has 0 aliphatic carbocycles. The Bertz CT molecular complexity index is 1340. The van der Waals surface area contributed by atoms with Gasteiger partial charge >= 0.3 is 0 Å². The Balaban J connectivity index is 1.13. The van der Waals surface area contributed by atoms with Crippen LogP contribution in [0.25, 0.3) is 22.4 Å². The van der Waals surface area contributed by atoms with E-state index in [1.807, 2.05) is 25.5 Å². The van der Waals surface area contributed by atoms with Crippen LogP contribution in [0.5, 0.6) is 0 Å². The molecule has 0 spiro atoms. The van der Waals surface area contributed by atoms with Crippen LogP contribution in [0, 0.1) is 0 Å². The molecule has 5 heterocycles. The summed E-state index contributed by atoms with van der Waals surface area (Å²) in [7, 11) is 2.04. The Morgan fingerprint density at radius 1 is 1.08 bits per heavy atom. The number of piperidine rings is 1. The summed E-state index contributed by atoms with van der Waals surface area (Å²) in [6.45, 7) is 6.01. The lowest BCUT2D eigenvalue weighted by molar-refractivity contribution is 0.231. The van der Waals surface area contributed by atoms with Crippen LogP contribution in [0.1, 0.15) is 30.0 Å². The number of hydrogen-bond acceptors (Lipinski definition) is 7. The second kappa shape index (κ2) is 11.0. The van der Waals surface area contributed by atoms with E-state index in [2.05, 4.69) is 78.0 Å². The number of benzene rings is 1. The van der Waals surface area contributed by atoms with Gasteiger partial charge in [-0.1, -0.05) is 24.3 Å². The lowest BCUT2D eigenvalue weighted by Crippen LogP contribution is -2.45. The highest BCUT2D eigenvalue weighted by Crippen LogP contribution is 2.26. The molecule has 1 atom stereocenters. The van der Waals surface area contributed by atoms with Gasteiger partial charge in [0.25, 0.3) is 0 Å².